The van der Waals surface area contributed by atoms with Crippen LogP contribution in [0.2, 0.25) is 0 Å². The molecule has 0 rings (SSSR count). The Hall–Kier alpha value is -0.0800. The highest BCUT2D eigenvalue weighted by molar-refractivity contribution is 4.41. The molecule has 0 aliphatic carbocycles. The topological polar surface area (TPSA) is 32.3 Å². The van der Waals surface area contributed by atoms with Gasteiger partial charge in [-0.25, -0.2) is 0 Å². The maximum atomic E-state index is 7.00. The monoisotopic (exact) mass is 177 g/mol. The first-order chi connectivity index (χ1) is 5.91. The summed E-state index contributed by atoms with van der Waals surface area (Å²) >= 11 is 0. The van der Waals surface area contributed by atoms with Crippen LogP contribution in [0, 0.1) is 0 Å². The molecule has 0 aliphatic heterocycles. The molecular weight excluding hydrogens is 150 g/mol. The van der Waals surface area contributed by atoms with Crippen LogP contribution in [0.15, 0.2) is 0 Å². The third kappa shape index (κ3) is 32.6. The fourth-order valence-corrected chi connectivity index (χ4v) is 0.729. The van der Waals surface area contributed by atoms with Gasteiger partial charge in [0.05, 0.1) is 0 Å². The van der Waals surface area contributed by atoms with E-state index < -0.39 is 0 Å². The first-order valence-electron chi connectivity index (χ1n) is 5.01. The van der Waals surface area contributed by atoms with Crippen molar-refractivity contribution in [3.05, 3.63) is 0 Å². The van der Waals surface area contributed by atoms with Gasteiger partial charge in [0.1, 0.15) is 0 Å². The zero-order valence-electron chi connectivity index (χ0n) is 9.48. The van der Waals surface area contributed by atoms with E-state index >= 15 is 0 Å². The number of nitrogens with one attached hydrogen (secondary N) is 1. The Kier molecular flexibility index (Phi) is 45.6. The molecular formula is C10H27NO. The van der Waals surface area contributed by atoms with E-state index in [0.29, 0.717) is 0 Å². The maximum Gasteiger partial charge on any atom is 0.0319 e. The Morgan fingerprint density at radius 1 is 1.00 bits per heavy atom. The van der Waals surface area contributed by atoms with E-state index in [0.717, 1.165) is 7.11 Å². The molecule has 0 aliphatic rings. The Morgan fingerprint density at radius 3 is 1.83 bits per heavy atom. The summed E-state index contributed by atoms with van der Waals surface area (Å²) in [5.74, 6) is 0. The quantitative estimate of drug-likeness (QED) is 0.632. The van der Waals surface area contributed by atoms with Crippen molar-refractivity contribution in [2.75, 3.05) is 20.7 Å². The van der Waals surface area contributed by atoms with E-state index in [1.54, 1.807) is 0 Å². The maximum absolute atomic E-state index is 7.00. The molecule has 0 saturated heterocycles. The predicted molar refractivity (Wildman–Crippen MR) is 57.6 cm³/mol. The molecule has 0 heterocycles. The van der Waals surface area contributed by atoms with Gasteiger partial charge in [-0.1, -0.05) is 40.0 Å². The lowest BCUT2D eigenvalue weighted by atomic mass is 10.2. The molecule has 0 aromatic heterocycles. The molecule has 78 valence electrons. The van der Waals surface area contributed by atoms with Crippen LogP contribution >= 0.6 is 0 Å². The average Bonchev–Trinajstić information content (AvgIpc) is 2.19. The van der Waals surface area contributed by atoms with Gasteiger partial charge in [0, 0.05) is 7.11 Å². The smallest absolute Gasteiger partial charge is 0.0319 e. The fourth-order valence-electron chi connectivity index (χ4n) is 0.729. The standard InChI is InChI=1S/C7H17N.C2H6.CH4O/c1-3-4-5-6-7-8-2;2*1-2/h8H,3-7H2,1-2H3;1-2H3;2H,1H3. The molecule has 0 aromatic carbocycles. The van der Waals surface area contributed by atoms with E-state index in [2.05, 4.69) is 12.2 Å². The van der Waals surface area contributed by atoms with Crippen LogP contribution in [0.25, 0.3) is 0 Å². The first-order valence-corrected chi connectivity index (χ1v) is 5.01. The number of rotatable bonds is 5. The lowest BCUT2D eigenvalue weighted by Gasteiger charge is -1.95. The molecule has 0 aromatic rings. The second-order valence-corrected chi connectivity index (χ2v) is 2.16. The number of aliphatic hydroxyl groups excluding tert-OH is 1. The van der Waals surface area contributed by atoms with Crippen LogP contribution in [-0.2, 0) is 0 Å². The Morgan fingerprint density at radius 2 is 1.50 bits per heavy atom. The summed E-state index contributed by atoms with van der Waals surface area (Å²) in [5.41, 5.74) is 0. The van der Waals surface area contributed by atoms with Gasteiger partial charge in [-0.3, -0.25) is 0 Å². The molecule has 0 atom stereocenters. The lowest BCUT2D eigenvalue weighted by Crippen LogP contribution is -2.06. The molecule has 2 N–H and O–H groups in total. The van der Waals surface area contributed by atoms with E-state index in [1.807, 2.05) is 20.9 Å². The van der Waals surface area contributed by atoms with Crippen molar-refractivity contribution in [2.24, 2.45) is 0 Å². The molecule has 2 heteroatoms. The van der Waals surface area contributed by atoms with Crippen LogP contribution in [-0.4, -0.2) is 25.8 Å². The molecule has 0 radical (unpaired) electrons. The molecule has 0 saturated carbocycles. The minimum Gasteiger partial charge on any atom is -0.400 e. The number of unbranched alkanes of at least 4 members (excludes halogenated alkanes) is 3. The zero-order valence-corrected chi connectivity index (χ0v) is 9.48. The van der Waals surface area contributed by atoms with Crippen LogP contribution in [0.5, 0.6) is 0 Å². The molecule has 12 heavy (non-hydrogen) atoms. The second-order valence-electron chi connectivity index (χ2n) is 2.16. The van der Waals surface area contributed by atoms with E-state index in [9.17, 15) is 0 Å². The van der Waals surface area contributed by atoms with Crippen molar-refractivity contribution in [1.82, 2.24) is 5.32 Å². The van der Waals surface area contributed by atoms with E-state index in [4.69, 9.17) is 5.11 Å². The number of aliphatic hydroxyl groups is 1. The summed E-state index contributed by atoms with van der Waals surface area (Å²) in [6, 6.07) is 0. The van der Waals surface area contributed by atoms with Crippen molar-refractivity contribution >= 4 is 0 Å². The van der Waals surface area contributed by atoms with Crippen LogP contribution < -0.4 is 5.32 Å². The van der Waals surface area contributed by atoms with E-state index in [-0.39, 0.29) is 0 Å². The van der Waals surface area contributed by atoms with Gasteiger partial charge in [-0.15, -0.1) is 0 Å². The van der Waals surface area contributed by atoms with Gasteiger partial charge in [0.15, 0.2) is 0 Å². The SMILES string of the molecule is CC.CCCCCCNC.CO. The largest absolute Gasteiger partial charge is 0.400 e. The minimum absolute atomic E-state index is 1.00. The van der Waals surface area contributed by atoms with Gasteiger partial charge < -0.3 is 10.4 Å². The minimum atomic E-state index is 1.00. The van der Waals surface area contributed by atoms with Crippen molar-refractivity contribution in [3.8, 4) is 0 Å². The number of hydrogen-bond acceptors (Lipinski definition) is 2. The van der Waals surface area contributed by atoms with Crippen LogP contribution in [0.3, 0.4) is 0 Å². The molecule has 0 bridgehead atoms. The molecule has 0 unspecified atom stereocenters. The highest BCUT2D eigenvalue weighted by Gasteiger charge is 1.82. The molecule has 2 nitrogen and oxygen atoms in total. The summed E-state index contributed by atoms with van der Waals surface area (Å²) < 4.78 is 0. The van der Waals surface area contributed by atoms with Gasteiger partial charge in [-0.05, 0) is 20.0 Å². The summed E-state index contributed by atoms with van der Waals surface area (Å²) in [6.45, 7) is 7.42. The zero-order chi connectivity index (χ0) is 10.2. The molecule has 0 fully saturated rings. The summed E-state index contributed by atoms with van der Waals surface area (Å²) in [5, 5.41) is 10.1. The normalized spacial score (nSPS) is 7.50. The van der Waals surface area contributed by atoms with Gasteiger partial charge >= 0.3 is 0 Å². The van der Waals surface area contributed by atoms with Crippen LogP contribution in [0.1, 0.15) is 46.5 Å². The van der Waals surface area contributed by atoms with Gasteiger partial charge in [0.2, 0.25) is 0 Å². The van der Waals surface area contributed by atoms with Crippen molar-refractivity contribution in [1.29, 1.82) is 0 Å². The van der Waals surface area contributed by atoms with Crippen LogP contribution in [0.4, 0.5) is 0 Å². The van der Waals surface area contributed by atoms with Crippen molar-refractivity contribution in [3.63, 3.8) is 0 Å². The fraction of sp³-hybridized carbons (Fsp3) is 1.00. The lowest BCUT2D eigenvalue weighted by molar-refractivity contribution is 0.399. The van der Waals surface area contributed by atoms with Gasteiger partial charge in [-0.2, -0.15) is 0 Å². The summed E-state index contributed by atoms with van der Waals surface area (Å²) in [4.78, 5) is 0. The van der Waals surface area contributed by atoms with Crippen molar-refractivity contribution < 1.29 is 5.11 Å². The highest BCUT2D eigenvalue weighted by atomic mass is 16.2. The molecule has 0 amide bonds. The Balaban J connectivity index is -0.000000175. The van der Waals surface area contributed by atoms with E-state index in [1.165, 1.54) is 32.2 Å². The van der Waals surface area contributed by atoms with Gasteiger partial charge in [0.25, 0.3) is 0 Å². The summed E-state index contributed by atoms with van der Waals surface area (Å²) in [6.07, 6.45) is 5.45. The average molecular weight is 177 g/mol. The first kappa shape index (κ1) is 17.9. The molecule has 0 spiro atoms. The van der Waals surface area contributed by atoms with Crippen molar-refractivity contribution in [2.45, 2.75) is 46.5 Å². The second kappa shape index (κ2) is 30.7. The third-order valence-electron chi connectivity index (χ3n) is 1.28. The predicted octanol–water partition coefficient (Wildman–Crippen LogP) is 2.42. The Bertz CT molecular complexity index is 34.8. The highest BCUT2D eigenvalue weighted by Crippen LogP contribution is 1.96. The Labute approximate surface area is 78.4 Å². The number of hydrogen-bond donors (Lipinski definition) is 2. The third-order valence-corrected chi connectivity index (χ3v) is 1.28. The summed E-state index contributed by atoms with van der Waals surface area (Å²) in [7, 11) is 3.01.